The van der Waals surface area contributed by atoms with Crippen LogP contribution < -0.4 is 10.6 Å². The van der Waals surface area contributed by atoms with Crippen molar-refractivity contribution in [2.24, 2.45) is 0 Å². The number of halogens is 2. The van der Waals surface area contributed by atoms with Gasteiger partial charge in [0, 0.05) is 39.9 Å². The van der Waals surface area contributed by atoms with Crippen molar-refractivity contribution in [3.63, 3.8) is 0 Å². The molecule has 2 aromatic carbocycles. The molecule has 0 fully saturated rings. The van der Waals surface area contributed by atoms with Gasteiger partial charge in [-0.15, -0.1) is 10.2 Å². The number of rotatable bonds is 3. The van der Waals surface area contributed by atoms with Gasteiger partial charge in [0.25, 0.3) is 0 Å². The highest BCUT2D eigenvalue weighted by Crippen LogP contribution is 2.37. The highest BCUT2D eigenvalue weighted by molar-refractivity contribution is 9.11. The quantitative estimate of drug-likeness (QED) is 0.419. The molecule has 0 atom stereocenters. The largest absolute Gasteiger partial charge is 0.397 e. The molecule has 0 saturated heterocycles. The van der Waals surface area contributed by atoms with Gasteiger partial charge in [-0.3, -0.25) is 0 Å². The highest BCUT2D eigenvalue weighted by atomic mass is 79.9. The third-order valence-corrected chi connectivity index (χ3v) is 6.00. The fourth-order valence-corrected chi connectivity index (χ4v) is 4.67. The van der Waals surface area contributed by atoms with Gasteiger partial charge < -0.3 is 10.6 Å². The van der Waals surface area contributed by atoms with Gasteiger partial charge in [-0.25, -0.2) is 0 Å². The Morgan fingerprint density at radius 2 is 1.81 bits per heavy atom. The maximum absolute atomic E-state index is 6.22. The minimum Gasteiger partial charge on any atom is -0.397 e. The molecule has 2 N–H and O–H groups in total. The van der Waals surface area contributed by atoms with Gasteiger partial charge in [-0.2, -0.15) is 9.61 Å². The second kappa shape index (κ2) is 6.64. The topological polar surface area (TPSA) is 72.3 Å². The number of nitrogens with zero attached hydrogens (tertiary/aromatic N) is 5. The Balaban J connectivity index is 1.81. The summed E-state index contributed by atoms with van der Waals surface area (Å²) in [6.07, 6.45) is 0. The molecule has 0 unspecified atom stereocenters. The number of aromatic nitrogens is 4. The first-order chi connectivity index (χ1) is 12.4. The van der Waals surface area contributed by atoms with Gasteiger partial charge in [0.15, 0.2) is 5.82 Å². The van der Waals surface area contributed by atoms with E-state index >= 15 is 0 Å². The molecule has 4 aromatic rings. The van der Waals surface area contributed by atoms with Gasteiger partial charge in [-0.1, -0.05) is 27.3 Å². The van der Waals surface area contributed by atoms with Crippen LogP contribution in [0.15, 0.2) is 45.3 Å². The standard InChI is InChI=1S/C17H14Br2N6S/c1-24(2)11-5-3-9(4-6-11)15-21-22-17-25(15)23-16(26-17)12-7-10(18)8-13(19)14(12)20/h3-8H,20H2,1-2H3. The lowest BCUT2D eigenvalue weighted by Crippen LogP contribution is -2.08. The van der Waals surface area contributed by atoms with E-state index in [0.29, 0.717) is 11.5 Å². The Labute approximate surface area is 170 Å². The summed E-state index contributed by atoms with van der Waals surface area (Å²) in [7, 11) is 4.02. The van der Waals surface area contributed by atoms with E-state index in [1.807, 2.05) is 50.5 Å². The summed E-state index contributed by atoms with van der Waals surface area (Å²) in [6, 6.07) is 12.0. The number of hydrogen-bond donors (Lipinski definition) is 1. The molecule has 0 amide bonds. The van der Waals surface area contributed by atoms with Crippen LogP contribution >= 0.6 is 43.2 Å². The second-order valence-corrected chi connectivity index (χ2v) is 8.64. The van der Waals surface area contributed by atoms with Crippen LogP contribution in [-0.2, 0) is 0 Å². The van der Waals surface area contributed by atoms with Crippen molar-refractivity contribution in [2.45, 2.75) is 0 Å². The van der Waals surface area contributed by atoms with E-state index in [4.69, 9.17) is 10.8 Å². The summed E-state index contributed by atoms with van der Waals surface area (Å²) in [6.45, 7) is 0. The molecular weight excluding hydrogens is 480 g/mol. The number of hydrogen-bond acceptors (Lipinski definition) is 6. The van der Waals surface area contributed by atoms with Crippen molar-refractivity contribution in [3.8, 4) is 22.0 Å². The molecule has 9 heteroatoms. The molecule has 0 bridgehead atoms. The monoisotopic (exact) mass is 492 g/mol. The third-order valence-electron chi connectivity index (χ3n) is 3.96. The summed E-state index contributed by atoms with van der Waals surface area (Å²) in [5.74, 6) is 0.709. The lowest BCUT2D eigenvalue weighted by atomic mass is 10.2. The molecule has 0 saturated carbocycles. The average molecular weight is 494 g/mol. The normalized spacial score (nSPS) is 11.2. The van der Waals surface area contributed by atoms with Crippen LogP contribution in [0.4, 0.5) is 11.4 Å². The van der Waals surface area contributed by atoms with E-state index in [9.17, 15) is 0 Å². The minimum absolute atomic E-state index is 0.648. The zero-order valence-electron chi connectivity index (χ0n) is 13.9. The molecule has 2 aromatic heterocycles. The molecular formula is C17H14Br2N6S. The number of benzene rings is 2. The van der Waals surface area contributed by atoms with Crippen LogP contribution in [0.2, 0.25) is 0 Å². The van der Waals surface area contributed by atoms with E-state index in [2.05, 4.69) is 47.0 Å². The van der Waals surface area contributed by atoms with Crippen LogP contribution in [0.25, 0.3) is 26.9 Å². The van der Waals surface area contributed by atoms with Crippen LogP contribution in [0.3, 0.4) is 0 Å². The first-order valence-corrected chi connectivity index (χ1v) is 10.1. The van der Waals surface area contributed by atoms with Crippen LogP contribution in [0.5, 0.6) is 0 Å². The molecule has 0 radical (unpaired) electrons. The molecule has 0 spiro atoms. The van der Waals surface area contributed by atoms with Gasteiger partial charge in [0.2, 0.25) is 4.96 Å². The first kappa shape index (κ1) is 17.4. The Morgan fingerprint density at radius 3 is 2.50 bits per heavy atom. The second-order valence-electron chi connectivity index (χ2n) is 5.92. The zero-order chi connectivity index (χ0) is 18.4. The third kappa shape index (κ3) is 3.00. The first-order valence-electron chi connectivity index (χ1n) is 7.69. The summed E-state index contributed by atoms with van der Waals surface area (Å²) in [4.78, 5) is 2.78. The maximum Gasteiger partial charge on any atom is 0.235 e. The van der Waals surface area contributed by atoms with Crippen LogP contribution in [0.1, 0.15) is 0 Å². The van der Waals surface area contributed by atoms with Gasteiger partial charge in [-0.05, 0) is 52.3 Å². The number of nitrogen functional groups attached to an aromatic ring is 1. The van der Waals surface area contributed by atoms with E-state index < -0.39 is 0 Å². The van der Waals surface area contributed by atoms with E-state index in [1.54, 1.807) is 4.52 Å². The van der Waals surface area contributed by atoms with Crippen molar-refractivity contribution in [3.05, 3.63) is 45.3 Å². The van der Waals surface area contributed by atoms with Crippen molar-refractivity contribution < 1.29 is 0 Å². The predicted octanol–water partition coefficient (Wildman–Crippen LogP) is 4.69. The number of anilines is 2. The molecule has 4 rings (SSSR count). The molecule has 0 aliphatic rings. The maximum atomic E-state index is 6.22. The Morgan fingerprint density at radius 1 is 1.08 bits per heavy atom. The lowest BCUT2D eigenvalue weighted by Gasteiger charge is -2.12. The highest BCUT2D eigenvalue weighted by Gasteiger charge is 2.17. The minimum atomic E-state index is 0.648. The molecule has 132 valence electrons. The Kier molecular flexibility index (Phi) is 4.45. The van der Waals surface area contributed by atoms with Crippen LogP contribution in [0, 0.1) is 0 Å². The molecule has 0 aliphatic carbocycles. The van der Waals surface area contributed by atoms with Gasteiger partial charge in [0.05, 0.1) is 5.69 Å². The van der Waals surface area contributed by atoms with Crippen molar-refractivity contribution in [1.29, 1.82) is 0 Å². The fourth-order valence-electron chi connectivity index (χ4n) is 2.58. The van der Waals surface area contributed by atoms with Crippen molar-refractivity contribution in [1.82, 2.24) is 19.8 Å². The van der Waals surface area contributed by atoms with Crippen LogP contribution in [-0.4, -0.2) is 33.9 Å². The molecule has 26 heavy (non-hydrogen) atoms. The zero-order valence-corrected chi connectivity index (χ0v) is 17.9. The number of nitrogens with two attached hydrogens (primary N) is 1. The molecule has 2 heterocycles. The van der Waals surface area contributed by atoms with Gasteiger partial charge in [0.1, 0.15) is 5.01 Å². The molecule has 6 nitrogen and oxygen atoms in total. The lowest BCUT2D eigenvalue weighted by molar-refractivity contribution is 0.970. The predicted molar refractivity (Wildman–Crippen MR) is 114 cm³/mol. The Bertz CT molecular complexity index is 1100. The van der Waals surface area contributed by atoms with E-state index in [0.717, 1.165) is 35.7 Å². The van der Waals surface area contributed by atoms with E-state index in [-0.39, 0.29) is 0 Å². The number of fused-ring (bicyclic) bond motifs is 1. The summed E-state index contributed by atoms with van der Waals surface area (Å²) in [5.41, 5.74) is 9.81. The molecule has 0 aliphatic heterocycles. The fraction of sp³-hybridized carbons (Fsp3) is 0.118. The summed E-state index contributed by atoms with van der Waals surface area (Å²) in [5, 5.41) is 14.0. The average Bonchev–Trinajstić information content (AvgIpc) is 3.18. The summed E-state index contributed by atoms with van der Waals surface area (Å²) < 4.78 is 3.52. The SMILES string of the molecule is CN(C)c1ccc(-c2nnc3sc(-c4cc(Br)cc(Br)c4N)nn23)cc1. The Hall–Kier alpha value is -1.97. The smallest absolute Gasteiger partial charge is 0.235 e. The summed E-state index contributed by atoms with van der Waals surface area (Å²) >= 11 is 8.44. The van der Waals surface area contributed by atoms with Crippen molar-refractivity contribution in [2.75, 3.05) is 24.7 Å². The van der Waals surface area contributed by atoms with E-state index in [1.165, 1.54) is 11.3 Å². The van der Waals surface area contributed by atoms with Crippen molar-refractivity contribution >= 4 is 59.5 Å². The van der Waals surface area contributed by atoms with Gasteiger partial charge >= 0.3 is 0 Å².